The summed E-state index contributed by atoms with van der Waals surface area (Å²) in [5, 5.41) is 156. The molecule has 502 valence electrons. The minimum Gasteiger partial charge on any atom is -0.479 e. The molecule has 27 nitrogen and oxygen atoms in total. The fraction of sp³-hybridized carbons (Fsp3) is 0.885. The van der Waals surface area contributed by atoms with Gasteiger partial charge in [0.25, 0.3) is 0 Å². The van der Waals surface area contributed by atoms with Crippen LogP contribution in [0.1, 0.15) is 121 Å². The fourth-order valence-corrected chi connectivity index (χ4v) is 17.6. The summed E-state index contributed by atoms with van der Waals surface area (Å²) < 4.78 is 61.5. The second kappa shape index (κ2) is 25.4. The Balaban J connectivity index is 1.05. The van der Waals surface area contributed by atoms with Crippen LogP contribution in [0.5, 0.6) is 0 Å². The summed E-state index contributed by atoms with van der Waals surface area (Å²) in [6.07, 6.45) is -35.3. The van der Waals surface area contributed by atoms with Crippen LogP contribution in [-0.4, -0.2) is 256 Å². The molecule has 0 aromatic rings. The van der Waals surface area contributed by atoms with Crippen molar-refractivity contribution in [2.75, 3.05) is 19.8 Å². The average molecular weight is 1260 g/mol. The van der Waals surface area contributed by atoms with Crippen molar-refractivity contribution in [2.24, 2.45) is 50.2 Å². The summed E-state index contributed by atoms with van der Waals surface area (Å²) in [5.41, 5.74) is -3.32. The number of aliphatic carboxylic acids is 1. The first-order valence-corrected chi connectivity index (χ1v) is 30.9. The Kier molecular flexibility index (Phi) is 20.0. The van der Waals surface area contributed by atoms with Gasteiger partial charge in [0.15, 0.2) is 31.3 Å². The number of fused-ring (bicyclic) bond motifs is 7. The minimum absolute atomic E-state index is 0.0311. The van der Waals surface area contributed by atoms with Gasteiger partial charge in [-0.15, -0.1) is 0 Å². The highest BCUT2D eigenvalue weighted by atomic mass is 16.8. The van der Waals surface area contributed by atoms with Gasteiger partial charge in [0.1, 0.15) is 97.7 Å². The van der Waals surface area contributed by atoms with Gasteiger partial charge >= 0.3 is 17.9 Å². The van der Waals surface area contributed by atoms with Crippen molar-refractivity contribution in [3.63, 3.8) is 0 Å². The molecule has 4 aliphatic heterocycles. The van der Waals surface area contributed by atoms with Crippen molar-refractivity contribution >= 4 is 17.9 Å². The van der Waals surface area contributed by atoms with Crippen LogP contribution in [0.2, 0.25) is 0 Å². The number of esters is 2. The van der Waals surface area contributed by atoms with Crippen LogP contribution in [-0.2, 0) is 61.8 Å². The molecule has 4 heterocycles. The maximum atomic E-state index is 13.5. The molecule has 8 fully saturated rings. The van der Waals surface area contributed by atoms with Crippen molar-refractivity contribution in [2.45, 2.75) is 268 Å². The molecule has 14 N–H and O–H groups in total. The highest BCUT2D eigenvalue weighted by molar-refractivity contribution is 5.87. The van der Waals surface area contributed by atoms with Gasteiger partial charge in [0.2, 0.25) is 0 Å². The van der Waals surface area contributed by atoms with Crippen LogP contribution in [0.25, 0.3) is 0 Å². The number of aliphatic hydroxyl groups is 13. The number of carbonyl (C=O) groups excluding carboxylic acids is 2. The number of carboxylic acids is 1. The van der Waals surface area contributed by atoms with Crippen LogP contribution in [0, 0.1) is 50.2 Å². The summed E-state index contributed by atoms with van der Waals surface area (Å²) in [6.45, 7) is 18.1. The summed E-state index contributed by atoms with van der Waals surface area (Å²) in [5.74, 6) is -3.67. The quantitative estimate of drug-likeness (QED) is 0.0386. The van der Waals surface area contributed by atoms with Crippen LogP contribution in [0.4, 0.5) is 0 Å². The molecule has 88 heavy (non-hydrogen) atoms. The highest BCUT2D eigenvalue weighted by Crippen LogP contribution is 2.76. The average Bonchev–Trinajstić information content (AvgIpc) is 0.678. The lowest BCUT2D eigenvalue weighted by atomic mass is 9.33. The molecule has 0 aromatic carbocycles. The largest absolute Gasteiger partial charge is 0.479 e. The van der Waals surface area contributed by atoms with E-state index in [4.69, 9.17) is 47.4 Å². The van der Waals surface area contributed by atoms with Crippen LogP contribution in [0.3, 0.4) is 0 Å². The van der Waals surface area contributed by atoms with E-state index < -0.39 is 223 Å². The van der Waals surface area contributed by atoms with E-state index in [0.717, 1.165) is 5.57 Å². The Bertz CT molecular complexity index is 2580. The number of hydrogen-bond donors (Lipinski definition) is 14. The molecule has 9 aliphatic rings. The third kappa shape index (κ3) is 11.3. The molecule has 9 rings (SSSR count). The third-order valence-corrected chi connectivity index (χ3v) is 23.0. The SMILES string of the molecule is C/C=C(\C)C(=O)O[C@H]1[C@H](OC(C)=O)[C@@]2(CO)C(CC1(C)C)C1=CCC3[C@@]4(C)CC[C@H](O[C@@H]5O[C@H](C(=O)O)[C@@H](O)[C@H](O[C@@H]6O[C@H](CO)[C@H](O)[C@H](O)[C@H]6O[C@@H]6O[C@@H](C)[C@H](O)[C@@H](O)[C@H]6O)[C@H]5O[C@@H]5O[C@H](CO)[C@@H](O)[C@H](O)[C@H]5O)C(C)(C)C4CC[C@@]3(C)[C@]1(C)C[C@H]2O. The molecule has 4 saturated carbocycles. The molecule has 0 bridgehead atoms. The van der Waals surface area contributed by atoms with Crippen LogP contribution < -0.4 is 0 Å². The molecule has 0 spiro atoms. The zero-order valence-electron chi connectivity index (χ0n) is 51.9. The maximum absolute atomic E-state index is 13.5. The first-order valence-electron chi connectivity index (χ1n) is 30.9. The third-order valence-electron chi connectivity index (χ3n) is 23.0. The summed E-state index contributed by atoms with van der Waals surface area (Å²) in [6, 6.07) is 0. The molecule has 27 heteroatoms. The molecular formula is C61H96O27. The van der Waals surface area contributed by atoms with E-state index in [1.165, 1.54) is 13.8 Å². The maximum Gasteiger partial charge on any atom is 0.335 e. The molecular weight excluding hydrogens is 1160 g/mol. The number of hydrogen-bond acceptors (Lipinski definition) is 26. The zero-order valence-corrected chi connectivity index (χ0v) is 51.9. The van der Waals surface area contributed by atoms with Crippen molar-refractivity contribution in [1.29, 1.82) is 0 Å². The van der Waals surface area contributed by atoms with Gasteiger partial charge in [0.05, 0.1) is 43.5 Å². The first-order chi connectivity index (χ1) is 41.1. The predicted octanol–water partition coefficient (Wildman–Crippen LogP) is -1.44. The fourth-order valence-electron chi connectivity index (χ4n) is 17.6. The first kappa shape index (κ1) is 69.4. The normalized spacial score (nSPS) is 50.9. The molecule has 5 aliphatic carbocycles. The molecule has 3 unspecified atom stereocenters. The van der Waals surface area contributed by atoms with Crippen molar-refractivity contribution < 1.29 is 133 Å². The van der Waals surface area contributed by atoms with Gasteiger partial charge in [-0.3, -0.25) is 4.79 Å². The van der Waals surface area contributed by atoms with Crippen LogP contribution in [0.15, 0.2) is 23.3 Å². The van der Waals surface area contributed by atoms with Gasteiger partial charge in [-0.25, -0.2) is 9.59 Å². The Hall–Kier alpha value is -2.95. The van der Waals surface area contributed by atoms with Crippen molar-refractivity contribution in [1.82, 2.24) is 0 Å². The standard InChI is InChI=1S/C61H96O27/c1-12-24(2)51(78)88-48-49(80-26(4)65)61(23-64)28(19-56(48,5)6)27-13-14-32-58(9)17-16-34(57(7,8)31(58)15-18-59(32,10)60(27,11)20-33(61)66)83-55-47(87-53-42(74)39(71)36(68)29(21-62)81-53)44(43(75)45(85-55)50(76)77)84-54-46(40(72)37(69)30(22-63)82-54)86-52-41(73)38(70)35(67)25(3)79-52/h12-13,25,28-49,52-55,62-64,66-75H,14-23H2,1-11H3,(H,76,77)/b24-12+/t25-,28?,29+,30+,31?,32?,33+,34-,35-,36+,37-,38+,39-,40-,41+,42+,43-,44-,45-,46+,47+,48-,49-,52-,53-,54-,55+,58-,59+,60+,61-/m0/s1. The zero-order chi connectivity index (χ0) is 65.0. The van der Waals surface area contributed by atoms with Gasteiger partial charge in [-0.1, -0.05) is 66.2 Å². The van der Waals surface area contributed by atoms with Crippen molar-refractivity contribution in [3.05, 3.63) is 23.3 Å². The number of carboxylic acid groups (broad SMARTS) is 1. The van der Waals surface area contributed by atoms with Crippen molar-refractivity contribution in [3.8, 4) is 0 Å². The van der Waals surface area contributed by atoms with Crippen LogP contribution >= 0.6 is 0 Å². The Morgan fingerprint density at radius 1 is 0.614 bits per heavy atom. The molecule has 0 aromatic heterocycles. The predicted molar refractivity (Wildman–Crippen MR) is 299 cm³/mol. The summed E-state index contributed by atoms with van der Waals surface area (Å²) >= 11 is 0. The lowest BCUT2D eigenvalue weighted by molar-refractivity contribution is -0.406. The smallest absolute Gasteiger partial charge is 0.335 e. The number of rotatable bonds is 15. The molecule has 0 radical (unpaired) electrons. The Morgan fingerprint density at radius 2 is 1.18 bits per heavy atom. The summed E-state index contributed by atoms with van der Waals surface area (Å²) in [7, 11) is 0. The topological polar surface area (TPSA) is 427 Å². The van der Waals surface area contributed by atoms with E-state index in [0.29, 0.717) is 44.1 Å². The lowest BCUT2D eigenvalue weighted by Gasteiger charge is -2.72. The number of allylic oxidation sites excluding steroid dienone is 3. The van der Waals surface area contributed by atoms with E-state index >= 15 is 0 Å². The molecule has 0 amide bonds. The van der Waals surface area contributed by atoms with E-state index in [9.17, 15) is 85.9 Å². The van der Waals surface area contributed by atoms with E-state index in [1.807, 2.05) is 27.7 Å². The lowest BCUT2D eigenvalue weighted by Crippen LogP contribution is -2.72. The second-order valence-corrected chi connectivity index (χ2v) is 28.5. The monoisotopic (exact) mass is 1260 g/mol. The Labute approximate surface area is 511 Å². The van der Waals surface area contributed by atoms with Gasteiger partial charge in [0, 0.05) is 17.9 Å². The second-order valence-electron chi connectivity index (χ2n) is 28.5. The van der Waals surface area contributed by atoms with E-state index in [-0.39, 0.29) is 18.3 Å². The highest BCUT2D eigenvalue weighted by Gasteiger charge is 2.74. The minimum atomic E-state index is -2.29. The van der Waals surface area contributed by atoms with E-state index in [2.05, 4.69) is 26.8 Å². The molecule has 31 atom stereocenters. The summed E-state index contributed by atoms with van der Waals surface area (Å²) in [4.78, 5) is 39.8. The molecule has 4 saturated heterocycles. The van der Waals surface area contributed by atoms with Gasteiger partial charge in [-0.2, -0.15) is 0 Å². The Morgan fingerprint density at radius 3 is 1.77 bits per heavy atom. The van der Waals surface area contributed by atoms with Gasteiger partial charge < -0.3 is 119 Å². The van der Waals surface area contributed by atoms with Gasteiger partial charge in [-0.05, 0) is 105 Å². The number of aliphatic hydroxyl groups excluding tert-OH is 13. The number of ether oxygens (including phenoxy) is 10. The number of carbonyl (C=O) groups is 3. The van der Waals surface area contributed by atoms with E-state index in [1.54, 1.807) is 19.9 Å².